The van der Waals surface area contributed by atoms with Gasteiger partial charge in [0.2, 0.25) is 5.91 Å². The predicted molar refractivity (Wildman–Crippen MR) is 170 cm³/mol. The van der Waals surface area contributed by atoms with Crippen LogP contribution in [0, 0.1) is 13.8 Å². The summed E-state index contributed by atoms with van der Waals surface area (Å²) in [7, 11) is 1.58. The summed E-state index contributed by atoms with van der Waals surface area (Å²) in [6.45, 7) is 9.19. The van der Waals surface area contributed by atoms with Gasteiger partial charge in [0.15, 0.2) is 0 Å². The number of methoxy groups -OCH3 is 1. The first-order valence-corrected chi connectivity index (χ1v) is 15.0. The summed E-state index contributed by atoms with van der Waals surface area (Å²) in [6.07, 6.45) is 1.81. The zero-order chi connectivity index (χ0) is 32.0. The van der Waals surface area contributed by atoms with Gasteiger partial charge in [-0.05, 0) is 113 Å². The summed E-state index contributed by atoms with van der Waals surface area (Å²) >= 11 is 0. The number of rotatable bonds is 10. The Morgan fingerprint density at radius 2 is 1.64 bits per heavy atom. The zero-order valence-corrected chi connectivity index (χ0v) is 26.3. The Bertz CT molecular complexity index is 1460. The third-order valence-electron chi connectivity index (χ3n) is 7.91. The van der Waals surface area contributed by atoms with Gasteiger partial charge in [-0.15, -0.1) is 0 Å². The largest absolute Gasteiger partial charge is 0.508 e. The lowest BCUT2D eigenvalue weighted by Crippen LogP contribution is -2.57. The van der Waals surface area contributed by atoms with Gasteiger partial charge in [-0.25, -0.2) is 4.79 Å². The lowest BCUT2D eigenvalue weighted by atomic mass is 9.86. The number of nitrogens with one attached hydrogen (secondary N) is 2. The Balaban J connectivity index is 1.77. The Hall–Kier alpha value is -4.53. The summed E-state index contributed by atoms with van der Waals surface area (Å²) in [5.41, 5.74) is 3.16. The number of phenols is 1. The fraction of sp³-hybridized carbons (Fsp3) is 0.400. The van der Waals surface area contributed by atoms with Crippen LogP contribution < -0.4 is 15.4 Å². The van der Waals surface area contributed by atoms with E-state index >= 15 is 0 Å². The summed E-state index contributed by atoms with van der Waals surface area (Å²) < 4.78 is 10.8. The minimum absolute atomic E-state index is 0.0954. The first-order chi connectivity index (χ1) is 20.9. The van der Waals surface area contributed by atoms with E-state index in [2.05, 4.69) is 10.6 Å². The molecule has 3 amide bonds. The second kappa shape index (κ2) is 13.8. The number of phenolic OH excluding ortho intramolecular Hbond substituents is 1. The monoisotopic (exact) mass is 601 g/mol. The average Bonchev–Trinajstić information content (AvgIpc) is 2.93. The Morgan fingerprint density at radius 3 is 2.20 bits per heavy atom. The number of ether oxygens (including phenoxy) is 2. The molecule has 3 aromatic rings. The van der Waals surface area contributed by atoms with Crippen molar-refractivity contribution in [2.45, 2.75) is 84.0 Å². The quantitative estimate of drug-likeness (QED) is 0.254. The second-order valence-corrected chi connectivity index (χ2v) is 12.3. The zero-order valence-electron chi connectivity index (χ0n) is 26.3. The Kier molecular flexibility index (Phi) is 10.2. The molecule has 9 nitrogen and oxygen atoms in total. The van der Waals surface area contributed by atoms with Crippen LogP contribution in [0.1, 0.15) is 68.3 Å². The van der Waals surface area contributed by atoms with Crippen LogP contribution in [0.3, 0.4) is 0 Å². The molecule has 3 aromatic carbocycles. The molecule has 1 fully saturated rings. The van der Waals surface area contributed by atoms with Gasteiger partial charge in [0.25, 0.3) is 5.91 Å². The first-order valence-electron chi connectivity index (χ1n) is 15.0. The molecule has 1 saturated carbocycles. The summed E-state index contributed by atoms with van der Waals surface area (Å²) in [4.78, 5) is 43.7. The number of aromatic hydroxyl groups is 1. The van der Waals surface area contributed by atoms with Gasteiger partial charge in [-0.1, -0.05) is 30.3 Å². The molecule has 2 atom stereocenters. The molecule has 0 bridgehead atoms. The van der Waals surface area contributed by atoms with Crippen LogP contribution in [0.5, 0.6) is 11.5 Å². The van der Waals surface area contributed by atoms with Crippen molar-refractivity contribution in [1.82, 2.24) is 10.2 Å². The van der Waals surface area contributed by atoms with E-state index in [-0.39, 0.29) is 30.0 Å². The Labute approximate surface area is 259 Å². The van der Waals surface area contributed by atoms with Crippen LogP contribution in [0.25, 0.3) is 0 Å². The van der Waals surface area contributed by atoms with Gasteiger partial charge in [0, 0.05) is 18.2 Å². The summed E-state index contributed by atoms with van der Waals surface area (Å²) in [5.74, 6) is 0.0119. The van der Waals surface area contributed by atoms with Crippen LogP contribution in [0.4, 0.5) is 10.5 Å². The maximum atomic E-state index is 14.7. The third kappa shape index (κ3) is 8.09. The lowest BCUT2D eigenvalue weighted by molar-refractivity contribution is -0.145. The van der Waals surface area contributed by atoms with E-state index < -0.39 is 23.8 Å². The van der Waals surface area contributed by atoms with E-state index in [9.17, 15) is 19.5 Å². The normalized spacial score (nSPS) is 14.5. The van der Waals surface area contributed by atoms with E-state index in [1.165, 1.54) is 12.1 Å². The number of carbonyl (C=O) groups is 3. The molecular weight excluding hydrogens is 558 g/mol. The lowest BCUT2D eigenvalue weighted by Gasteiger charge is -2.44. The smallest absolute Gasteiger partial charge is 0.408 e. The molecule has 9 heteroatoms. The van der Waals surface area contributed by atoms with Gasteiger partial charge in [-0.3, -0.25) is 9.59 Å². The molecule has 1 aliphatic carbocycles. The molecule has 44 heavy (non-hydrogen) atoms. The predicted octanol–water partition coefficient (Wildman–Crippen LogP) is 6.21. The van der Waals surface area contributed by atoms with Gasteiger partial charge in [0.05, 0.1) is 7.11 Å². The number of alkyl carbamates (subject to hydrolysis) is 1. The van der Waals surface area contributed by atoms with Crippen molar-refractivity contribution >= 4 is 23.6 Å². The van der Waals surface area contributed by atoms with Gasteiger partial charge < -0.3 is 30.1 Å². The number of carbonyl (C=O) groups excluding carboxylic acids is 3. The summed E-state index contributed by atoms with van der Waals surface area (Å²) in [6, 6.07) is 17.1. The summed E-state index contributed by atoms with van der Waals surface area (Å²) in [5, 5.41) is 15.6. The van der Waals surface area contributed by atoms with Crippen molar-refractivity contribution in [1.29, 1.82) is 0 Å². The van der Waals surface area contributed by atoms with E-state index in [0.717, 1.165) is 41.5 Å². The van der Waals surface area contributed by atoms with Crippen molar-refractivity contribution in [3.05, 3.63) is 89.0 Å². The van der Waals surface area contributed by atoms with Crippen LogP contribution in [-0.4, -0.2) is 52.7 Å². The number of benzene rings is 3. The molecule has 2 unspecified atom stereocenters. The minimum Gasteiger partial charge on any atom is -0.508 e. The van der Waals surface area contributed by atoms with Crippen LogP contribution >= 0.6 is 0 Å². The Morgan fingerprint density at radius 1 is 0.977 bits per heavy atom. The maximum absolute atomic E-state index is 14.7. The maximum Gasteiger partial charge on any atom is 0.408 e. The molecule has 0 heterocycles. The number of anilines is 1. The minimum atomic E-state index is -1.03. The van der Waals surface area contributed by atoms with E-state index in [0.29, 0.717) is 11.4 Å². The fourth-order valence-corrected chi connectivity index (χ4v) is 5.25. The van der Waals surface area contributed by atoms with E-state index in [1.54, 1.807) is 69.2 Å². The van der Waals surface area contributed by atoms with Crippen LogP contribution in [0.2, 0.25) is 0 Å². The number of hydrogen-bond acceptors (Lipinski definition) is 6. The highest BCUT2D eigenvalue weighted by molar-refractivity contribution is 5.99. The molecule has 4 rings (SSSR count). The first kappa shape index (κ1) is 32.4. The SMILES string of the molecule is COc1ccc(NC(=O)C(c2cccc(C)c2C)N(C(=O)C(Cc2ccc(O)cc2)NC(=O)OC(C)(C)C)C2CCC2)cc1. The van der Waals surface area contributed by atoms with Crippen LogP contribution in [0.15, 0.2) is 66.7 Å². The molecular formula is C35H43N3O6. The van der Waals surface area contributed by atoms with Crippen molar-refractivity contribution < 1.29 is 29.0 Å². The molecule has 0 radical (unpaired) electrons. The van der Waals surface area contributed by atoms with Gasteiger partial charge in [0.1, 0.15) is 29.2 Å². The molecule has 0 aliphatic heterocycles. The van der Waals surface area contributed by atoms with E-state index in [1.807, 2.05) is 32.0 Å². The van der Waals surface area contributed by atoms with Crippen molar-refractivity contribution in [3.8, 4) is 11.5 Å². The number of nitrogens with zero attached hydrogens (tertiary/aromatic N) is 1. The van der Waals surface area contributed by atoms with E-state index in [4.69, 9.17) is 9.47 Å². The highest BCUT2D eigenvalue weighted by Crippen LogP contribution is 2.36. The molecule has 234 valence electrons. The highest BCUT2D eigenvalue weighted by atomic mass is 16.6. The van der Waals surface area contributed by atoms with Gasteiger partial charge >= 0.3 is 6.09 Å². The number of amides is 3. The van der Waals surface area contributed by atoms with Crippen molar-refractivity contribution in [2.75, 3.05) is 12.4 Å². The standard InChI is InChI=1S/C35H43N3O6/c1-22-9-7-12-29(23(22)2)31(32(40)36-25-15-19-28(43-6)20-16-25)38(26-10-8-11-26)33(41)30(37-34(42)44-35(3,4)5)21-24-13-17-27(39)18-14-24/h7,9,12-20,26,30-31,39H,8,10-11,21H2,1-6H3,(H,36,40)(H,37,42). The number of aryl methyl sites for hydroxylation is 1. The second-order valence-electron chi connectivity index (χ2n) is 12.3. The molecule has 0 saturated heterocycles. The topological polar surface area (TPSA) is 117 Å². The van der Waals surface area contributed by atoms with Crippen LogP contribution in [-0.2, 0) is 20.7 Å². The fourth-order valence-electron chi connectivity index (χ4n) is 5.25. The number of hydrogen-bond donors (Lipinski definition) is 3. The average molecular weight is 602 g/mol. The molecule has 0 spiro atoms. The van der Waals surface area contributed by atoms with Crippen molar-refractivity contribution in [3.63, 3.8) is 0 Å². The molecule has 1 aliphatic rings. The molecule has 3 N–H and O–H groups in total. The van der Waals surface area contributed by atoms with Crippen molar-refractivity contribution in [2.24, 2.45) is 0 Å². The highest BCUT2D eigenvalue weighted by Gasteiger charge is 2.42. The van der Waals surface area contributed by atoms with Gasteiger partial charge in [-0.2, -0.15) is 0 Å². The third-order valence-corrected chi connectivity index (χ3v) is 7.91. The molecule has 0 aromatic heterocycles.